The predicted molar refractivity (Wildman–Crippen MR) is 103 cm³/mol. The zero-order valence-electron chi connectivity index (χ0n) is 14.5. The molecule has 2 aromatic carbocycles. The van der Waals surface area contributed by atoms with Gasteiger partial charge in [-0.05, 0) is 30.3 Å². The zero-order valence-corrected chi connectivity index (χ0v) is 14.5. The van der Waals surface area contributed by atoms with Crippen LogP contribution in [-0.4, -0.2) is 19.4 Å². The molecule has 0 bridgehead atoms. The molecule has 0 unspecified atom stereocenters. The first-order valence-corrected chi connectivity index (χ1v) is 8.54. The Morgan fingerprint density at radius 1 is 0.893 bits per heavy atom. The van der Waals surface area contributed by atoms with Crippen LogP contribution in [0.4, 0.5) is 14.6 Å². The van der Waals surface area contributed by atoms with E-state index in [2.05, 4.69) is 15.0 Å². The molecule has 0 aliphatic rings. The number of nitrogens with zero attached hydrogens (tertiary/aromatic N) is 4. The number of fused-ring (bicyclic) bond motifs is 2. The van der Waals surface area contributed by atoms with Crippen molar-refractivity contribution in [2.75, 3.05) is 5.73 Å². The summed E-state index contributed by atoms with van der Waals surface area (Å²) in [6.45, 7) is 0. The van der Waals surface area contributed by atoms with E-state index in [1.54, 1.807) is 35.0 Å². The molecule has 0 aliphatic heterocycles. The highest BCUT2D eigenvalue weighted by Crippen LogP contribution is 2.34. The van der Waals surface area contributed by atoms with Crippen molar-refractivity contribution in [1.29, 1.82) is 0 Å². The van der Waals surface area contributed by atoms with E-state index in [4.69, 9.17) is 5.73 Å². The smallest absolute Gasteiger partial charge is 0.180 e. The highest BCUT2D eigenvalue weighted by molar-refractivity contribution is 5.89. The molecule has 7 heteroatoms. The summed E-state index contributed by atoms with van der Waals surface area (Å²) in [5.41, 5.74) is 9.77. The number of imidazole rings is 1. The van der Waals surface area contributed by atoms with Gasteiger partial charge in [0.25, 0.3) is 0 Å². The molecule has 5 nitrogen and oxygen atoms in total. The Kier molecular flexibility index (Phi) is 3.55. The molecule has 0 saturated heterocycles. The van der Waals surface area contributed by atoms with Gasteiger partial charge in [-0.3, -0.25) is 9.38 Å². The molecule has 5 aromatic rings. The predicted octanol–water partition coefficient (Wildman–Crippen LogP) is 4.47. The second-order valence-electron chi connectivity index (χ2n) is 6.39. The number of hydrogen-bond acceptors (Lipinski definition) is 4. The molecule has 0 radical (unpaired) electrons. The van der Waals surface area contributed by atoms with Crippen molar-refractivity contribution >= 4 is 22.4 Å². The van der Waals surface area contributed by atoms with Gasteiger partial charge in [-0.25, -0.2) is 18.7 Å². The van der Waals surface area contributed by atoms with Gasteiger partial charge in [0.1, 0.15) is 11.6 Å². The van der Waals surface area contributed by atoms with Crippen LogP contribution in [-0.2, 0) is 0 Å². The van der Waals surface area contributed by atoms with Gasteiger partial charge in [0.15, 0.2) is 11.5 Å². The Hall–Kier alpha value is -3.87. The quantitative estimate of drug-likeness (QED) is 0.496. The van der Waals surface area contributed by atoms with E-state index in [9.17, 15) is 8.78 Å². The SMILES string of the molecule is Nc1nc(-c2cccc(F)c2)c(-c2ccc3ncc(F)cc3c2)n2ccnc12. The molecule has 0 aliphatic carbocycles. The van der Waals surface area contributed by atoms with Gasteiger partial charge >= 0.3 is 0 Å². The standard InChI is InChI=1S/C21H13F2N5/c22-15-3-1-2-12(9-15)18-19(28-7-6-25-21(28)20(24)27-18)13-4-5-17-14(8-13)10-16(23)11-26-17/h1-11H,(H2,24,27). The summed E-state index contributed by atoms with van der Waals surface area (Å²) in [6, 6.07) is 13.1. The van der Waals surface area contributed by atoms with Crippen LogP contribution in [0.25, 0.3) is 39.1 Å². The summed E-state index contributed by atoms with van der Waals surface area (Å²) < 4.78 is 29.3. The summed E-state index contributed by atoms with van der Waals surface area (Å²) in [7, 11) is 0. The molecule has 5 rings (SSSR count). The maximum atomic E-state index is 13.9. The Balaban J connectivity index is 1.86. The van der Waals surface area contributed by atoms with E-state index in [-0.39, 0.29) is 11.6 Å². The fraction of sp³-hybridized carbons (Fsp3) is 0. The minimum absolute atomic E-state index is 0.238. The third-order valence-corrected chi connectivity index (χ3v) is 4.59. The number of pyridine rings is 1. The number of nitrogen functional groups attached to an aromatic ring is 1. The summed E-state index contributed by atoms with van der Waals surface area (Å²) in [4.78, 5) is 12.9. The van der Waals surface area contributed by atoms with Crippen molar-refractivity contribution in [2.24, 2.45) is 0 Å². The van der Waals surface area contributed by atoms with Crippen LogP contribution in [0.3, 0.4) is 0 Å². The molecule has 0 spiro atoms. The molecule has 0 amide bonds. The van der Waals surface area contributed by atoms with Crippen LogP contribution in [0.1, 0.15) is 0 Å². The van der Waals surface area contributed by atoms with E-state index in [0.717, 1.165) is 5.56 Å². The molecule has 28 heavy (non-hydrogen) atoms. The van der Waals surface area contributed by atoms with Gasteiger partial charge < -0.3 is 5.73 Å². The Labute approximate surface area is 158 Å². The van der Waals surface area contributed by atoms with Gasteiger partial charge in [0, 0.05) is 28.9 Å². The highest BCUT2D eigenvalue weighted by Gasteiger charge is 2.17. The number of nitrogens with two attached hydrogens (primary N) is 1. The molecule has 2 N–H and O–H groups in total. The number of benzene rings is 2. The van der Waals surface area contributed by atoms with Crippen molar-refractivity contribution in [3.63, 3.8) is 0 Å². The second kappa shape index (κ2) is 6.09. The topological polar surface area (TPSA) is 69.1 Å². The fourth-order valence-electron chi connectivity index (χ4n) is 3.38. The summed E-state index contributed by atoms with van der Waals surface area (Å²) in [6.07, 6.45) is 4.56. The highest BCUT2D eigenvalue weighted by atomic mass is 19.1. The average molecular weight is 373 g/mol. The molecule has 136 valence electrons. The summed E-state index contributed by atoms with van der Waals surface area (Å²) >= 11 is 0. The van der Waals surface area contributed by atoms with Crippen LogP contribution in [0.15, 0.2) is 67.1 Å². The van der Waals surface area contributed by atoms with E-state index < -0.39 is 5.82 Å². The molecule has 0 saturated carbocycles. The maximum absolute atomic E-state index is 13.9. The third kappa shape index (κ3) is 2.56. The largest absolute Gasteiger partial charge is 0.381 e. The van der Waals surface area contributed by atoms with Gasteiger partial charge in [0.05, 0.1) is 23.1 Å². The van der Waals surface area contributed by atoms with E-state index in [1.165, 1.54) is 24.4 Å². The van der Waals surface area contributed by atoms with Gasteiger partial charge in [-0.2, -0.15) is 0 Å². The van der Waals surface area contributed by atoms with E-state index in [0.29, 0.717) is 33.5 Å². The molecular weight excluding hydrogens is 360 g/mol. The Morgan fingerprint density at radius 3 is 2.64 bits per heavy atom. The van der Waals surface area contributed by atoms with Crippen molar-refractivity contribution in [3.05, 3.63) is 78.8 Å². The molecule has 3 heterocycles. The van der Waals surface area contributed by atoms with Crippen LogP contribution in [0.2, 0.25) is 0 Å². The molecule has 0 fully saturated rings. The summed E-state index contributed by atoms with van der Waals surface area (Å²) in [5.74, 6) is -0.556. The Morgan fingerprint density at radius 2 is 1.79 bits per heavy atom. The zero-order chi connectivity index (χ0) is 19.3. The van der Waals surface area contributed by atoms with Gasteiger partial charge in [-0.1, -0.05) is 18.2 Å². The number of rotatable bonds is 2. The van der Waals surface area contributed by atoms with Crippen LogP contribution in [0.5, 0.6) is 0 Å². The third-order valence-electron chi connectivity index (χ3n) is 4.59. The minimum Gasteiger partial charge on any atom is -0.381 e. The van der Waals surface area contributed by atoms with E-state index in [1.807, 2.05) is 12.1 Å². The molecule has 0 atom stereocenters. The number of aromatic nitrogens is 4. The lowest BCUT2D eigenvalue weighted by atomic mass is 10.0. The van der Waals surface area contributed by atoms with Gasteiger partial charge in [-0.15, -0.1) is 0 Å². The number of hydrogen-bond donors (Lipinski definition) is 1. The lowest BCUT2D eigenvalue weighted by molar-refractivity contribution is 0.624. The van der Waals surface area contributed by atoms with E-state index >= 15 is 0 Å². The minimum atomic E-state index is -0.418. The fourth-order valence-corrected chi connectivity index (χ4v) is 3.38. The first kappa shape index (κ1) is 16.3. The first-order valence-electron chi connectivity index (χ1n) is 8.54. The lowest BCUT2D eigenvalue weighted by Crippen LogP contribution is -2.04. The van der Waals surface area contributed by atoms with Crippen molar-refractivity contribution in [3.8, 4) is 22.5 Å². The summed E-state index contributed by atoms with van der Waals surface area (Å²) in [5, 5.41) is 0.646. The second-order valence-corrected chi connectivity index (χ2v) is 6.39. The first-order chi connectivity index (χ1) is 13.6. The van der Waals surface area contributed by atoms with Crippen LogP contribution >= 0.6 is 0 Å². The monoisotopic (exact) mass is 373 g/mol. The van der Waals surface area contributed by atoms with Crippen molar-refractivity contribution < 1.29 is 8.78 Å². The number of anilines is 1. The van der Waals surface area contributed by atoms with Crippen molar-refractivity contribution in [1.82, 2.24) is 19.4 Å². The van der Waals surface area contributed by atoms with Crippen molar-refractivity contribution in [2.45, 2.75) is 0 Å². The van der Waals surface area contributed by atoms with Crippen LogP contribution in [0, 0.1) is 11.6 Å². The normalized spacial score (nSPS) is 11.4. The Bertz CT molecular complexity index is 1360. The van der Waals surface area contributed by atoms with Gasteiger partial charge in [0.2, 0.25) is 0 Å². The van der Waals surface area contributed by atoms with Crippen LogP contribution < -0.4 is 5.73 Å². The maximum Gasteiger partial charge on any atom is 0.180 e. The lowest BCUT2D eigenvalue weighted by Gasteiger charge is -2.14. The number of halogens is 2. The molecular formula is C21H13F2N5. The molecule has 3 aromatic heterocycles. The average Bonchev–Trinajstić information content (AvgIpc) is 3.17.